The predicted octanol–water partition coefficient (Wildman–Crippen LogP) is 5.56. The molecule has 1 heterocycles. The monoisotopic (exact) mass is 426 g/mol. The Morgan fingerprint density at radius 2 is 1.69 bits per heavy atom. The first-order valence-corrected chi connectivity index (χ1v) is 10.9. The van der Waals surface area contributed by atoms with Crippen LogP contribution in [0.2, 0.25) is 0 Å². The van der Waals surface area contributed by atoms with Crippen molar-refractivity contribution in [2.75, 3.05) is 18.4 Å². The van der Waals surface area contributed by atoms with Crippen molar-refractivity contribution in [3.63, 3.8) is 0 Å². The minimum atomic E-state index is -0.282. The van der Waals surface area contributed by atoms with Crippen molar-refractivity contribution in [1.82, 2.24) is 4.90 Å². The van der Waals surface area contributed by atoms with Crippen molar-refractivity contribution >= 4 is 40.1 Å². The summed E-state index contributed by atoms with van der Waals surface area (Å²) in [5, 5.41) is 5.05. The summed E-state index contributed by atoms with van der Waals surface area (Å²) in [6.45, 7) is 4.70. The van der Waals surface area contributed by atoms with Gasteiger partial charge in [-0.05, 0) is 37.1 Å². The van der Waals surface area contributed by atoms with Crippen LogP contribution in [0.25, 0.3) is 16.8 Å². The van der Waals surface area contributed by atoms with Crippen LogP contribution in [-0.2, 0) is 0 Å². The minimum Gasteiger partial charge on any atom is -0.385 e. The quantitative estimate of drug-likeness (QED) is 0.291. The Morgan fingerprint density at radius 3 is 2.38 bits per heavy atom. The van der Waals surface area contributed by atoms with Crippen molar-refractivity contribution in [3.8, 4) is 0 Å². The van der Waals surface area contributed by atoms with E-state index in [1.165, 1.54) is 11.8 Å². The molecule has 0 saturated carbocycles. The lowest BCUT2D eigenvalue weighted by Crippen LogP contribution is -2.40. The molecule has 3 aromatic rings. The fraction of sp³-hybridized carbons (Fsp3) is 0.222. The molecule has 0 unspecified atom stereocenters. The number of unbranched alkanes of at least 4 members (excludes halogenated alkanes) is 1. The van der Waals surface area contributed by atoms with Crippen LogP contribution in [0.4, 0.5) is 5.69 Å². The molecule has 1 aliphatic rings. The van der Waals surface area contributed by atoms with E-state index in [0.717, 1.165) is 41.4 Å². The average molecular weight is 427 g/mol. The normalized spacial score (nSPS) is 13.2. The van der Waals surface area contributed by atoms with E-state index < -0.39 is 0 Å². The van der Waals surface area contributed by atoms with Gasteiger partial charge >= 0.3 is 0 Å². The van der Waals surface area contributed by atoms with Crippen LogP contribution in [0.5, 0.6) is 0 Å². The number of hydrogen-bond donors (Lipinski definition) is 1. The summed E-state index contributed by atoms with van der Waals surface area (Å²) in [5.74, 6) is -0.549. The molecule has 1 aliphatic heterocycles. The molecular weight excluding hydrogens is 400 g/mol. The van der Waals surface area contributed by atoms with Gasteiger partial charge < -0.3 is 5.32 Å². The van der Waals surface area contributed by atoms with Crippen LogP contribution in [0, 0.1) is 0 Å². The van der Waals surface area contributed by atoms with Gasteiger partial charge in [0, 0.05) is 46.2 Å². The predicted molar refractivity (Wildman–Crippen MR) is 128 cm³/mol. The lowest BCUT2D eigenvalue weighted by Gasteiger charge is -2.27. The largest absolute Gasteiger partial charge is 0.385 e. The number of nitrogens with zero attached hydrogens (tertiary/aromatic N) is 1. The highest BCUT2D eigenvalue weighted by molar-refractivity contribution is 6.26. The summed E-state index contributed by atoms with van der Waals surface area (Å²) in [6.07, 6.45) is 5.79. The van der Waals surface area contributed by atoms with Gasteiger partial charge in [-0.3, -0.25) is 19.3 Å². The van der Waals surface area contributed by atoms with Crippen molar-refractivity contribution in [1.29, 1.82) is 0 Å². The van der Waals surface area contributed by atoms with E-state index in [0.29, 0.717) is 16.7 Å². The topological polar surface area (TPSA) is 66.5 Å². The third-order valence-corrected chi connectivity index (χ3v) is 5.75. The summed E-state index contributed by atoms with van der Waals surface area (Å²) in [5.41, 5.74) is 3.60. The van der Waals surface area contributed by atoms with Gasteiger partial charge in [0.05, 0.1) is 0 Å². The summed E-state index contributed by atoms with van der Waals surface area (Å²) in [4.78, 5) is 39.0. The van der Waals surface area contributed by atoms with E-state index in [9.17, 15) is 14.4 Å². The van der Waals surface area contributed by atoms with Gasteiger partial charge in [-0.2, -0.15) is 0 Å². The molecule has 0 fully saturated rings. The molecular formula is C27H26N2O3. The number of amides is 2. The van der Waals surface area contributed by atoms with Crippen LogP contribution in [-0.4, -0.2) is 35.6 Å². The summed E-state index contributed by atoms with van der Waals surface area (Å²) >= 11 is 0. The zero-order valence-electron chi connectivity index (χ0n) is 18.4. The van der Waals surface area contributed by atoms with E-state index in [1.54, 1.807) is 24.3 Å². The van der Waals surface area contributed by atoms with Crippen molar-refractivity contribution in [2.24, 2.45) is 0 Å². The van der Waals surface area contributed by atoms with Crippen molar-refractivity contribution in [3.05, 3.63) is 82.9 Å². The minimum absolute atomic E-state index is 0.0154. The van der Waals surface area contributed by atoms with Gasteiger partial charge in [0.15, 0.2) is 5.78 Å². The van der Waals surface area contributed by atoms with Gasteiger partial charge in [0.1, 0.15) is 0 Å². The molecule has 0 aromatic heterocycles. The SMILES string of the molecule is CCCCNc1ccc2c3c(cccc13)C(=O)N(C/C=C/c1ccc(C(C)=O)cc1)C2=O. The Morgan fingerprint density at radius 1 is 0.969 bits per heavy atom. The maximum atomic E-state index is 13.2. The summed E-state index contributed by atoms with van der Waals surface area (Å²) in [7, 11) is 0. The first-order chi connectivity index (χ1) is 15.5. The van der Waals surface area contributed by atoms with E-state index in [-0.39, 0.29) is 24.1 Å². The number of rotatable bonds is 8. The first kappa shape index (κ1) is 21.5. The molecule has 4 rings (SSSR count). The number of imide groups is 1. The number of Topliss-reactive ketones (excluding diaryl/α,β-unsaturated/α-hetero) is 1. The number of ketones is 1. The van der Waals surface area contributed by atoms with E-state index in [1.807, 2.05) is 42.5 Å². The second kappa shape index (κ2) is 9.18. The van der Waals surface area contributed by atoms with Crippen LogP contribution < -0.4 is 5.32 Å². The highest BCUT2D eigenvalue weighted by Gasteiger charge is 2.32. The fourth-order valence-corrected chi connectivity index (χ4v) is 3.99. The molecule has 162 valence electrons. The number of anilines is 1. The molecule has 32 heavy (non-hydrogen) atoms. The Hall–Kier alpha value is -3.73. The molecule has 0 atom stereocenters. The number of hydrogen-bond acceptors (Lipinski definition) is 4. The van der Waals surface area contributed by atoms with Crippen LogP contribution in [0.1, 0.15) is 63.3 Å². The molecule has 0 bridgehead atoms. The zero-order chi connectivity index (χ0) is 22.7. The van der Waals surface area contributed by atoms with Gasteiger partial charge in [0.2, 0.25) is 0 Å². The lowest BCUT2D eigenvalue weighted by molar-refractivity contribution is 0.0629. The first-order valence-electron chi connectivity index (χ1n) is 10.9. The third kappa shape index (κ3) is 4.06. The Bertz CT molecular complexity index is 1200. The maximum absolute atomic E-state index is 13.2. The molecule has 0 aliphatic carbocycles. The number of carbonyl (C=O) groups excluding carboxylic acids is 3. The van der Waals surface area contributed by atoms with Crippen LogP contribution in [0.15, 0.2) is 60.7 Å². The molecule has 0 saturated heterocycles. The standard InChI is InChI=1S/C27H26N2O3/c1-3-4-16-28-24-15-14-23-25-21(24)8-5-9-22(25)26(31)29(27(23)32)17-6-7-19-10-12-20(13-11-19)18(2)30/h5-15,28H,3-4,16-17H2,1-2H3/b7-6+. The van der Waals surface area contributed by atoms with E-state index in [4.69, 9.17) is 0 Å². The van der Waals surface area contributed by atoms with Crippen LogP contribution in [0.3, 0.4) is 0 Å². The Labute approximate surface area is 187 Å². The fourth-order valence-electron chi connectivity index (χ4n) is 3.99. The third-order valence-electron chi connectivity index (χ3n) is 5.75. The van der Waals surface area contributed by atoms with Gasteiger partial charge in [-0.25, -0.2) is 0 Å². The number of benzene rings is 3. The molecule has 3 aromatic carbocycles. The second-order valence-electron chi connectivity index (χ2n) is 7.97. The van der Waals surface area contributed by atoms with Crippen molar-refractivity contribution < 1.29 is 14.4 Å². The van der Waals surface area contributed by atoms with Gasteiger partial charge in [-0.15, -0.1) is 0 Å². The van der Waals surface area contributed by atoms with Crippen molar-refractivity contribution in [2.45, 2.75) is 26.7 Å². The number of carbonyl (C=O) groups is 3. The average Bonchev–Trinajstić information content (AvgIpc) is 2.80. The van der Waals surface area contributed by atoms with Gasteiger partial charge in [0.25, 0.3) is 11.8 Å². The maximum Gasteiger partial charge on any atom is 0.261 e. The van der Waals surface area contributed by atoms with Crippen LogP contribution >= 0.6 is 0 Å². The molecule has 1 N–H and O–H groups in total. The smallest absolute Gasteiger partial charge is 0.261 e. The summed E-state index contributed by atoms with van der Waals surface area (Å²) in [6, 6.07) is 16.6. The zero-order valence-corrected chi connectivity index (χ0v) is 18.4. The molecule has 5 nitrogen and oxygen atoms in total. The van der Waals surface area contributed by atoms with Gasteiger partial charge in [-0.1, -0.05) is 61.9 Å². The molecule has 0 spiro atoms. The molecule has 2 amide bonds. The molecule has 5 heteroatoms. The van der Waals surface area contributed by atoms with E-state index in [2.05, 4.69) is 12.2 Å². The second-order valence-corrected chi connectivity index (χ2v) is 7.97. The lowest BCUT2D eigenvalue weighted by atomic mass is 9.93. The number of nitrogens with one attached hydrogen (secondary N) is 1. The molecule has 0 radical (unpaired) electrons. The Balaban J connectivity index is 1.58. The summed E-state index contributed by atoms with van der Waals surface area (Å²) < 4.78 is 0. The highest BCUT2D eigenvalue weighted by Crippen LogP contribution is 2.34. The van der Waals surface area contributed by atoms with E-state index >= 15 is 0 Å². The highest BCUT2D eigenvalue weighted by atomic mass is 16.2. The Kier molecular flexibility index (Phi) is 6.17.